The number of halogens is 3. The Morgan fingerprint density at radius 3 is 2.40 bits per heavy atom. The summed E-state index contributed by atoms with van der Waals surface area (Å²) < 4.78 is 38.3. The average molecular weight is 434 g/mol. The summed E-state index contributed by atoms with van der Waals surface area (Å²) in [4.78, 5) is -0.0588. The molecule has 144 valence electrons. The highest BCUT2D eigenvalue weighted by Gasteiger charge is 2.34. The third-order valence-electron chi connectivity index (χ3n) is 4.27. The molecule has 0 aromatic heterocycles. The fourth-order valence-corrected chi connectivity index (χ4v) is 4.84. The first kappa shape index (κ1) is 22.8. The van der Waals surface area contributed by atoms with E-state index in [1.54, 1.807) is 7.11 Å². The summed E-state index contributed by atoms with van der Waals surface area (Å²) >= 11 is 12.2. The zero-order valence-corrected chi connectivity index (χ0v) is 17.2. The minimum absolute atomic E-state index is 0. The van der Waals surface area contributed by atoms with Crippen molar-refractivity contribution in [2.45, 2.75) is 17.7 Å². The number of benzene rings is 1. The van der Waals surface area contributed by atoms with Crippen LogP contribution in [-0.2, 0) is 14.8 Å². The van der Waals surface area contributed by atoms with Crippen LogP contribution < -0.4 is 14.8 Å². The van der Waals surface area contributed by atoms with Gasteiger partial charge in [-0.05, 0) is 38.1 Å². The number of hydrogen-bond acceptors (Lipinski definition) is 5. The Bertz CT molecular complexity index is 674. The van der Waals surface area contributed by atoms with Crippen molar-refractivity contribution in [3.05, 3.63) is 22.2 Å². The first-order valence-electron chi connectivity index (χ1n) is 7.56. The van der Waals surface area contributed by atoms with Gasteiger partial charge in [0.1, 0.15) is 15.7 Å². The molecule has 0 unspecified atom stereocenters. The van der Waals surface area contributed by atoms with Gasteiger partial charge in [0.2, 0.25) is 10.0 Å². The molecule has 1 aromatic carbocycles. The third-order valence-corrected chi connectivity index (χ3v) is 6.69. The number of ether oxygens (including phenoxy) is 2. The summed E-state index contributed by atoms with van der Waals surface area (Å²) in [5, 5.41) is 3.30. The van der Waals surface area contributed by atoms with Gasteiger partial charge in [-0.2, -0.15) is 0 Å². The van der Waals surface area contributed by atoms with Gasteiger partial charge in [0.05, 0.1) is 18.7 Å². The minimum atomic E-state index is -3.79. The first-order valence-corrected chi connectivity index (χ1v) is 9.80. The van der Waals surface area contributed by atoms with Crippen LogP contribution in [0, 0.1) is 5.41 Å². The lowest BCUT2D eigenvalue weighted by Crippen LogP contribution is -2.47. The molecule has 0 radical (unpaired) electrons. The Labute approximate surface area is 165 Å². The summed E-state index contributed by atoms with van der Waals surface area (Å²) in [6, 6.07) is 2.87. The van der Waals surface area contributed by atoms with Gasteiger partial charge in [-0.1, -0.05) is 23.2 Å². The normalized spacial score (nSPS) is 17.0. The standard InChI is InChI=1S/C15H22Cl2N2O4S.ClH/c1-22-10-15(5-7-18-8-6-15)9-19-24(20,21)12-4-3-11(23-2)13(16)14(12)17;/h3-4,18-19H,5-10H2,1-2H3;1H. The van der Waals surface area contributed by atoms with E-state index in [4.69, 9.17) is 32.7 Å². The Morgan fingerprint density at radius 2 is 1.84 bits per heavy atom. The quantitative estimate of drug-likeness (QED) is 0.691. The lowest BCUT2D eigenvalue weighted by atomic mass is 9.80. The predicted molar refractivity (Wildman–Crippen MR) is 102 cm³/mol. The molecule has 0 amide bonds. The van der Waals surface area contributed by atoms with Crippen molar-refractivity contribution < 1.29 is 17.9 Å². The second-order valence-corrected chi connectivity index (χ2v) is 8.39. The number of rotatable bonds is 7. The lowest BCUT2D eigenvalue weighted by Gasteiger charge is -2.37. The maximum Gasteiger partial charge on any atom is 0.242 e. The van der Waals surface area contributed by atoms with Gasteiger partial charge >= 0.3 is 0 Å². The van der Waals surface area contributed by atoms with Crippen molar-refractivity contribution in [1.29, 1.82) is 0 Å². The van der Waals surface area contributed by atoms with Crippen LogP contribution in [0.5, 0.6) is 5.75 Å². The number of methoxy groups -OCH3 is 2. The molecule has 0 aliphatic carbocycles. The number of nitrogens with one attached hydrogen (secondary N) is 2. The Kier molecular flexibility index (Phi) is 8.74. The topological polar surface area (TPSA) is 76.7 Å². The Balaban J connectivity index is 0.00000312. The van der Waals surface area contributed by atoms with Gasteiger partial charge in [0.15, 0.2) is 0 Å². The molecule has 1 fully saturated rings. The van der Waals surface area contributed by atoms with Crippen LogP contribution in [0.4, 0.5) is 0 Å². The highest BCUT2D eigenvalue weighted by Crippen LogP contribution is 2.37. The molecule has 0 spiro atoms. The van der Waals surface area contributed by atoms with Crippen LogP contribution in [0.2, 0.25) is 10.0 Å². The summed E-state index contributed by atoms with van der Waals surface area (Å²) in [6.45, 7) is 2.44. The molecule has 0 atom stereocenters. The summed E-state index contributed by atoms with van der Waals surface area (Å²) in [6.07, 6.45) is 1.67. The van der Waals surface area contributed by atoms with E-state index >= 15 is 0 Å². The number of hydrogen-bond donors (Lipinski definition) is 2. The van der Waals surface area contributed by atoms with Crippen LogP contribution in [0.15, 0.2) is 17.0 Å². The third kappa shape index (κ3) is 5.35. The Morgan fingerprint density at radius 1 is 1.20 bits per heavy atom. The molecule has 1 heterocycles. The zero-order chi connectivity index (χ0) is 17.8. The van der Waals surface area contributed by atoms with E-state index in [2.05, 4.69) is 10.0 Å². The molecular weight excluding hydrogens is 411 g/mol. The number of sulfonamides is 1. The smallest absolute Gasteiger partial charge is 0.242 e. The molecule has 1 aliphatic heterocycles. The second kappa shape index (κ2) is 9.60. The molecule has 1 aliphatic rings. The molecule has 1 saturated heterocycles. The maximum absolute atomic E-state index is 12.6. The van der Waals surface area contributed by atoms with Crippen LogP contribution in [0.3, 0.4) is 0 Å². The molecule has 6 nitrogen and oxygen atoms in total. The predicted octanol–water partition coefficient (Wildman–Crippen LogP) is 2.72. The van der Waals surface area contributed by atoms with Crippen molar-refractivity contribution in [2.75, 3.05) is 40.5 Å². The van der Waals surface area contributed by atoms with E-state index in [1.807, 2.05) is 0 Å². The van der Waals surface area contributed by atoms with Gasteiger partial charge in [-0.15, -0.1) is 12.4 Å². The highest BCUT2D eigenvalue weighted by atomic mass is 35.5. The van der Waals surface area contributed by atoms with Crippen LogP contribution in [0.25, 0.3) is 0 Å². The molecule has 0 bridgehead atoms. The van der Waals surface area contributed by atoms with Crippen molar-refractivity contribution in [3.63, 3.8) is 0 Å². The fraction of sp³-hybridized carbons (Fsp3) is 0.600. The van der Waals surface area contributed by atoms with Crippen molar-refractivity contribution in [1.82, 2.24) is 10.0 Å². The van der Waals surface area contributed by atoms with E-state index in [0.717, 1.165) is 25.9 Å². The molecule has 10 heteroatoms. The second-order valence-electron chi connectivity index (χ2n) is 5.90. The maximum atomic E-state index is 12.6. The molecule has 0 saturated carbocycles. The summed E-state index contributed by atoms with van der Waals surface area (Å²) in [7, 11) is -0.729. The van der Waals surface area contributed by atoms with Gasteiger partial charge in [-0.3, -0.25) is 0 Å². The van der Waals surface area contributed by atoms with E-state index in [0.29, 0.717) is 12.4 Å². The van der Waals surface area contributed by atoms with Crippen LogP contribution in [0.1, 0.15) is 12.8 Å². The van der Waals surface area contributed by atoms with Crippen molar-refractivity contribution in [3.8, 4) is 5.75 Å². The van der Waals surface area contributed by atoms with E-state index in [-0.39, 0.29) is 39.3 Å². The highest BCUT2D eigenvalue weighted by molar-refractivity contribution is 7.89. The SMILES string of the molecule is COCC1(CNS(=O)(=O)c2ccc(OC)c(Cl)c2Cl)CCNCC1.Cl. The fourth-order valence-electron chi connectivity index (χ4n) is 2.84. The molecule has 2 N–H and O–H groups in total. The lowest BCUT2D eigenvalue weighted by molar-refractivity contribution is 0.0577. The van der Waals surface area contributed by atoms with Gasteiger partial charge in [-0.25, -0.2) is 13.1 Å². The monoisotopic (exact) mass is 432 g/mol. The van der Waals surface area contributed by atoms with Crippen molar-refractivity contribution >= 4 is 45.6 Å². The first-order chi connectivity index (χ1) is 11.4. The van der Waals surface area contributed by atoms with Crippen molar-refractivity contribution in [2.24, 2.45) is 5.41 Å². The van der Waals surface area contributed by atoms with E-state index < -0.39 is 10.0 Å². The van der Waals surface area contributed by atoms with Gasteiger partial charge in [0.25, 0.3) is 0 Å². The number of piperidine rings is 1. The average Bonchev–Trinajstić information content (AvgIpc) is 2.57. The van der Waals surface area contributed by atoms with E-state index in [9.17, 15) is 8.42 Å². The minimum Gasteiger partial charge on any atom is -0.495 e. The largest absolute Gasteiger partial charge is 0.495 e. The molecule has 25 heavy (non-hydrogen) atoms. The molecule has 2 rings (SSSR count). The Hall–Kier alpha value is -0.280. The summed E-state index contributed by atoms with van der Waals surface area (Å²) in [5.41, 5.74) is -0.226. The van der Waals surface area contributed by atoms with E-state index in [1.165, 1.54) is 19.2 Å². The zero-order valence-electron chi connectivity index (χ0n) is 14.1. The molecule has 1 aromatic rings. The summed E-state index contributed by atoms with van der Waals surface area (Å²) in [5.74, 6) is 0.329. The van der Waals surface area contributed by atoms with Crippen LogP contribution >= 0.6 is 35.6 Å². The van der Waals surface area contributed by atoms with Crippen LogP contribution in [-0.4, -0.2) is 48.9 Å². The van der Waals surface area contributed by atoms with Gasteiger partial charge in [0, 0.05) is 19.1 Å². The molecular formula is C15H23Cl3N2O4S. The van der Waals surface area contributed by atoms with Gasteiger partial charge < -0.3 is 14.8 Å².